The fraction of sp³-hybridized carbons (Fsp3) is 0. The minimum Gasteiger partial charge on any atom is -0.310 e. The molecule has 0 spiro atoms. The van der Waals surface area contributed by atoms with E-state index in [-0.39, 0.29) is 0 Å². The molecule has 0 unspecified atom stereocenters. The number of para-hydroxylation sites is 1. The number of nitrogens with zero attached hydrogens (tertiary/aromatic N) is 3. The highest BCUT2D eigenvalue weighted by Gasteiger charge is 2.19. The molecule has 0 aliphatic rings. The molecule has 0 radical (unpaired) electrons. The van der Waals surface area contributed by atoms with Crippen LogP contribution < -0.4 is 4.90 Å². The first-order chi connectivity index (χ1) is 28.8. The Morgan fingerprint density at radius 2 is 0.879 bits per heavy atom. The molecule has 0 aliphatic heterocycles. The molecule has 0 bridgehead atoms. The van der Waals surface area contributed by atoms with Gasteiger partial charge in [-0.15, -0.1) is 0 Å². The average molecular weight is 740 g/mol. The van der Waals surface area contributed by atoms with Gasteiger partial charge in [0.05, 0.1) is 16.6 Å². The predicted octanol–water partition coefficient (Wildman–Crippen LogP) is 15.0. The molecule has 2 aromatic heterocycles. The van der Waals surface area contributed by atoms with Crippen molar-refractivity contribution in [3.63, 3.8) is 0 Å². The van der Waals surface area contributed by atoms with Crippen LogP contribution in [0.2, 0.25) is 0 Å². The summed E-state index contributed by atoms with van der Waals surface area (Å²) in [6.45, 7) is 0. The first-order valence-corrected chi connectivity index (χ1v) is 19.8. The summed E-state index contributed by atoms with van der Waals surface area (Å²) < 4.78 is 2.39. The zero-order valence-corrected chi connectivity index (χ0v) is 31.7. The summed E-state index contributed by atoms with van der Waals surface area (Å²) in [5, 5.41) is 5.89. The maximum Gasteiger partial charge on any atom is 0.0786 e. The van der Waals surface area contributed by atoms with Crippen molar-refractivity contribution in [2.24, 2.45) is 0 Å². The van der Waals surface area contributed by atoms with Gasteiger partial charge in [-0.1, -0.05) is 146 Å². The molecule has 272 valence electrons. The Labute approximate surface area is 337 Å². The van der Waals surface area contributed by atoms with Crippen LogP contribution in [-0.2, 0) is 0 Å². The molecule has 0 saturated carbocycles. The summed E-state index contributed by atoms with van der Waals surface area (Å²) >= 11 is 0. The Kier molecular flexibility index (Phi) is 8.15. The van der Waals surface area contributed by atoms with E-state index < -0.39 is 0 Å². The maximum absolute atomic E-state index is 4.88. The van der Waals surface area contributed by atoms with Crippen molar-refractivity contribution in [3.05, 3.63) is 225 Å². The number of hydrogen-bond acceptors (Lipinski definition) is 2. The normalized spacial score (nSPS) is 11.4. The van der Waals surface area contributed by atoms with Gasteiger partial charge >= 0.3 is 0 Å². The molecule has 0 amide bonds. The average Bonchev–Trinajstić information content (AvgIpc) is 3.63. The van der Waals surface area contributed by atoms with Gasteiger partial charge in [0.25, 0.3) is 0 Å². The third-order valence-corrected chi connectivity index (χ3v) is 11.4. The lowest BCUT2D eigenvalue weighted by Gasteiger charge is -2.26. The van der Waals surface area contributed by atoms with Crippen LogP contribution in [0, 0.1) is 0 Å². The fourth-order valence-corrected chi connectivity index (χ4v) is 8.64. The summed E-state index contributed by atoms with van der Waals surface area (Å²) in [5.41, 5.74) is 14.9. The van der Waals surface area contributed by atoms with Crippen LogP contribution in [0.4, 0.5) is 17.1 Å². The van der Waals surface area contributed by atoms with Gasteiger partial charge in [-0.05, 0) is 112 Å². The highest BCUT2D eigenvalue weighted by Crippen LogP contribution is 2.42. The predicted molar refractivity (Wildman–Crippen MR) is 245 cm³/mol. The molecule has 3 heteroatoms. The number of rotatable bonds is 7. The number of aromatic nitrogens is 2. The van der Waals surface area contributed by atoms with Gasteiger partial charge in [0.15, 0.2) is 0 Å². The number of pyridine rings is 1. The zero-order valence-electron chi connectivity index (χ0n) is 31.7. The summed E-state index contributed by atoms with van der Waals surface area (Å²) in [5.74, 6) is 0. The quantitative estimate of drug-likeness (QED) is 0.152. The number of benzene rings is 9. The van der Waals surface area contributed by atoms with Crippen LogP contribution >= 0.6 is 0 Å². The molecule has 11 rings (SSSR count). The SMILES string of the molecule is c1ccc(-c2ccc(N(c3ccc(-c4ccccc4)cc3)c3ccc4c(c3)c3cc(-c5cccc6ccc7cccnc7c56)ccc3n4-c3ccccc3)cc2)cc1. The van der Waals surface area contributed by atoms with E-state index in [1.54, 1.807) is 0 Å². The third kappa shape index (κ3) is 5.80. The Balaban J connectivity index is 1.12. The van der Waals surface area contributed by atoms with Crippen molar-refractivity contribution in [2.45, 2.75) is 0 Å². The highest BCUT2D eigenvalue weighted by atomic mass is 15.1. The molecule has 0 N–H and O–H groups in total. The smallest absolute Gasteiger partial charge is 0.0786 e. The minimum absolute atomic E-state index is 1.02. The second-order valence-corrected chi connectivity index (χ2v) is 14.8. The van der Waals surface area contributed by atoms with Crippen molar-refractivity contribution in [3.8, 4) is 39.1 Å². The van der Waals surface area contributed by atoms with Crippen LogP contribution in [0.1, 0.15) is 0 Å². The molecule has 0 aliphatic carbocycles. The Morgan fingerprint density at radius 3 is 1.53 bits per heavy atom. The second kappa shape index (κ2) is 14.1. The zero-order chi connectivity index (χ0) is 38.4. The van der Waals surface area contributed by atoms with Crippen LogP contribution in [0.15, 0.2) is 225 Å². The van der Waals surface area contributed by atoms with Crippen LogP contribution in [0.3, 0.4) is 0 Å². The minimum atomic E-state index is 1.02. The maximum atomic E-state index is 4.88. The second-order valence-electron chi connectivity index (χ2n) is 14.8. The van der Waals surface area contributed by atoms with Crippen LogP contribution in [0.25, 0.3) is 82.5 Å². The molecule has 2 heterocycles. The van der Waals surface area contributed by atoms with Crippen molar-refractivity contribution < 1.29 is 0 Å². The van der Waals surface area contributed by atoms with E-state index in [4.69, 9.17) is 4.98 Å². The molecule has 3 nitrogen and oxygen atoms in total. The van der Waals surface area contributed by atoms with Crippen LogP contribution in [-0.4, -0.2) is 9.55 Å². The van der Waals surface area contributed by atoms with E-state index in [2.05, 4.69) is 222 Å². The molecule has 11 aromatic rings. The standard InChI is InChI=1S/C55H37N3/c1-4-12-38(13-5-1)40-23-28-46(29-24-40)57(47-30-25-41(26-31-47)39-14-6-2-7-15-39)48-32-34-53-51(37-48)50-36-44(27-33-52(50)58(53)45-18-8-3-9-19-45)49-20-10-16-42-21-22-43-17-11-35-56-55(43)54(42)49/h1-37H. The van der Waals surface area contributed by atoms with Crippen molar-refractivity contribution in [1.29, 1.82) is 0 Å². The van der Waals surface area contributed by atoms with Gasteiger partial charge in [0, 0.05) is 50.5 Å². The van der Waals surface area contributed by atoms with E-state index in [9.17, 15) is 0 Å². The van der Waals surface area contributed by atoms with Gasteiger partial charge < -0.3 is 9.47 Å². The van der Waals surface area contributed by atoms with E-state index in [0.29, 0.717) is 0 Å². The van der Waals surface area contributed by atoms with Crippen molar-refractivity contribution in [2.75, 3.05) is 4.90 Å². The molecule has 0 fully saturated rings. The summed E-state index contributed by atoms with van der Waals surface area (Å²) in [4.78, 5) is 7.25. The van der Waals surface area contributed by atoms with E-state index in [1.165, 1.54) is 54.9 Å². The Hall–Kier alpha value is -7.75. The number of hydrogen-bond donors (Lipinski definition) is 0. The molecule has 58 heavy (non-hydrogen) atoms. The topological polar surface area (TPSA) is 21.1 Å². The largest absolute Gasteiger partial charge is 0.310 e. The first-order valence-electron chi connectivity index (χ1n) is 19.8. The lowest BCUT2D eigenvalue weighted by Crippen LogP contribution is -2.10. The molecular weight excluding hydrogens is 703 g/mol. The van der Waals surface area contributed by atoms with Crippen molar-refractivity contribution in [1.82, 2.24) is 9.55 Å². The van der Waals surface area contributed by atoms with E-state index in [1.807, 2.05) is 12.3 Å². The summed E-state index contributed by atoms with van der Waals surface area (Å²) in [6, 6.07) is 78.7. The lowest BCUT2D eigenvalue weighted by atomic mass is 9.95. The molecule has 0 saturated heterocycles. The number of anilines is 3. The van der Waals surface area contributed by atoms with Gasteiger partial charge in [0.1, 0.15) is 0 Å². The van der Waals surface area contributed by atoms with Gasteiger partial charge in [-0.2, -0.15) is 0 Å². The monoisotopic (exact) mass is 739 g/mol. The Morgan fingerprint density at radius 1 is 0.362 bits per heavy atom. The third-order valence-electron chi connectivity index (χ3n) is 11.4. The fourth-order valence-electron chi connectivity index (χ4n) is 8.64. The molecule has 9 aromatic carbocycles. The summed E-state index contributed by atoms with van der Waals surface area (Å²) in [6.07, 6.45) is 1.90. The van der Waals surface area contributed by atoms with Crippen LogP contribution in [0.5, 0.6) is 0 Å². The molecular formula is C55H37N3. The van der Waals surface area contributed by atoms with Gasteiger partial charge in [-0.25, -0.2) is 0 Å². The van der Waals surface area contributed by atoms with Gasteiger partial charge in [0.2, 0.25) is 0 Å². The van der Waals surface area contributed by atoms with E-state index >= 15 is 0 Å². The van der Waals surface area contributed by atoms with Gasteiger partial charge in [-0.3, -0.25) is 4.98 Å². The Bertz CT molecular complexity index is 3160. The first kappa shape index (κ1) is 33.6. The van der Waals surface area contributed by atoms with E-state index in [0.717, 1.165) is 44.7 Å². The van der Waals surface area contributed by atoms with Crippen molar-refractivity contribution >= 4 is 60.5 Å². The summed E-state index contributed by atoms with van der Waals surface area (Å²) in [7, 11) is 0. The lowest BCUT2D eigenvalue weighted by molar-refractivity contribution is 1.18. The highest BCUT2D eigenvalue weighted by molar-refractivity contribution is 6.15. The molecule has 0 atom stereocenters. The number of fused-ring (bicyclic) bond motifs is 6.